The molecule has 2 atom stereocenters. The summed E-state index contributed by atoms with van der Waals surface area (Å²) in [5.41, 5.74) is 13.7. The highest BCUT2D eigenvalue weighted by atomic mass is 16.5. The van der Waals surface area contributed by atoms with Crippen LogP contribution in [0.4, 0.5) is 11.6 Å². The van der Waals surface area contributed by atoms with Gasteiger partial charge in [0, 0.05) is 0 Å². The first kappa shape index (κ1) is 41.5. The third-order valence-electron chi connectivity index (χ3n) is 8.23. The zero-order chi connectivity index (χ0) is 41.3. The second-order valence-corrected chi connectivity index (χ2v) is 12.6. The Kier molecular flexibility index (Phi) is 15.0. The van der Waals surface area contributed by atoms with E-state index >= 15 is 0 Å². The highest BCUT2D eigenvalue weighted by Gasteiger charge is 2.31. The van der Waals surface area contributed by atoms with Crippen LogP contribution < -0.4 is 22.1 Å². The van der Waals surface area contributed by atoms with Gasteiger partial charge in [0.25, 0.3) is 11.8 Å². The van der Waals surface area contributed by atoms with E-state index in [9.17, 15) is 28.8 Å². The van der Waals surface area contributed by atoms with Gasteiger partial charge < -0.3 is 41.0 Å². The van der Waals surface area contributed by atoms with E-state index in [0.717, 1.165) is 0 Å². The van der Waals surface area contributed by atoms with E-state index in [4.69, 9.17) is 30.4 Å². The number of hydrogen-bond acceptors (Lipinski definition) is 14. The molecule has 0 radical (unpaired) electrons. The maximum Gasteiger partial charge on any atom is 0.329 e. The molecule has 0 spiro atoms. The zero-order valence-electron chi connectivity index (χ0n) is 31.1. The van der Waals surface area contributed by atoms with Crippen LogP contribution in [0.5, 0.6) is 0 Å². The highest BCUT2D eigenvalue weighted by Crippen LogP contribution is 2.16. The summed E-state index contributed by atoms with van der Waals surface area (Å²) in [5.74, 6) is -6.91. The SMILES string of the molecule is Nc1nc(C(=O)NC(CC(=O)OCc2ccccc2)C(=O)OCc2ccccc2)c(N)nc1C(=O)NC(CC(=O)OCc1ccccc1)C(=O)OCc1ccccc1. The third kappa shape index (κ3) is 12.7. The van der Waals surface area contributed by atoms with Gasteiger partial charge in [-0.3, -0.25) is 19.2 Å². The standard InChI is InChI=1S/C42H40N6O10/c43-37-35(39(51)45-31(41(53)57-25-29-17-9-3-10-18-29)21-33(49)55-23-27-13-5-1-6-14-27)47-38(44)36(48-37)40(52)46-32(42(54)58-26-30-19-11-4-12-20-30)22-34(50)56-24-28-15-7-2-8-16-28/h1-20,31-32H,21-26H2,(H2,44,47)(H2,43,48)(H,45,51)(H,46,52). The van der Waals surface area contributed by atoms with Crippen LogP contribution in [0.25, 0.3) is 0 Å². The Bertz CT molecular complexity index is 2040. The van der Waals surface area contributed by atoms with Crippen LogP contribution >= 0.6 is 0 Å². The van der Waals surface area contributed by atoms with Crippen molar-refractivity contribution in [1.29, 1.82) is 0 Å². The zero-order valence-corrected chi connectivity index (χ0v) is 31.1. The van der Waals surface area contributed by atoms with Crippen molar-refractivity contribution in [3.8, 4) is 0 Å². The molecule has 2 amide bonds. The lowest BCUT2D eigenvalue weighted by molar-refractivity contribution is -0.153. The molecule has 2 unspecified atom stereocenters. The summed E-state index contributed by atoms with van der Waals surface area (Å²) in [4.78, 5) is 86.9. The molecule has 0 bridgehead atoms. The number of rotatable bonds is 18. The first-order chi connectivity index (χ1) is 28.0. The van der Waals surface area contributed by atoms with E-state index in [-0.39, 0.29) is 26.4 Å². The van der Waals surface area contributed by atoms with Gasteiger partial charge in [-0.05, 0) is 22.3 Å². The van der Waals surface area contributed by atoms with Gasteiger partial charge in [-0.15, -0.1) is 0 Å². The van der Waals surface area contributed by atoms with Gasteiger partial charge in [-0.2, -0.15) is 0 Å². The third-order valence-corrected chi connectivity index (χ3v) is 8.23. The normalized spacial score (nSPS) is 11.6. The second kappa shape index (κ2) is 20.9. The predicted molar refractivity (Wildman–Crippen MR) is 208 cm³/mol. The molecule has 1 heterocycles. The molecule has 4 aromatic carbocycles. The number of hydrogen-bond donors (Lipinski definition) is 4. The average molecular weight is 789 g/mol. The number of carbonyl (C=O) groups excluding carboxylic acids is 6. The summed E-state index contributed by atoms with van der Waals surface area (Å²) in [6, 6.07) is 32.0. The first-order valence-electron chi connectivity index (χ1n) is 17.9. The lowest BCUT2D eigenvalue weighted by atomic mass is 10.2. The molecule has 5 rings (SSSR count). The molecule has 0 fully saturated rings. The van der Waals surface area contributed by atoms with Crippen LogP contribution in [0.3, 0.4) is 0 Å². The number of carbonyl (C=O) groups is 6. The summed E-state index contributed by atoms with van der Waals surface area (Å²) in [6.45, 7) is -0.485. The number of nitrogens with one attached hydrogen (secondary N) is 2. The summed E-state index contributed by atoms with van der Waals surface area (Å²) in [7, 11) is 0. The smallest absolute Gasteiger partial charge is 0.329 e. The maximum absolute atomic E-state index is 13.5. The molecule has 0 saturated heterocycles. The number of nitrogens with zero attached hydrogens (tertiary/aromatic N) is 2. The Labute approximate surface area is 332 Å². The minimum atomic E-state index is -1.56. The van der Waals surface area contributed by atoms with Gasteiger partial charge in [0.15, 0.2) is 23.0 Å². The van der Waals surface area contributed by atoms with Gasteiger partial charge in [-0.25, -0.2) is 19.6 Å². The van der Waals surface area contributed by atoms with E-state index in [2.05, 4.69) is 20.6 Å². The number of benzene rings is 4. The fraction of sp³-hybridized carbons (Fsp3) is 0.190. The van der Waals surface area contributed by atoms with E-state index in [1.54, 1.807) is 121 Å². The molecular formula is C42H40N6O10. The van der Waals surface area contributed by atoms with E-state index in [1.165, 1.54) is 0 Å². The fourth-order valence-corrected chi connectivity index (χ4v) is 5.22. The van der Waals surface area contributed by atoms with Crippen molar-refractivity contribution in [3.05, 3.63) is 155 Å². The van der Waals surface area contributed by atoms with E-state index in [0.29, 0.717) is 22.3 Å². The Morgan fingerprint density at radius 1 is 0.448 bits per heavy atom. The summed E-state index contributed by atoms with van der Waals surface area (Å²) >= 11 is 0. The molecule has 6 N–H and O–H groups in total. The number of aromatic nitrogens is 2. The molecule has 1 aromatic heterocycles. The van der Waals surface area contributed by atoms with Crippen LogP contribution in [-0.4, -0.2) is 57.7 Å². The molecule has 0 aliphatic rings. The number of nitrogen functional groups attached to an aromatic ring is 2. The van der Waals surface area contributed by atoms with Gasteiger partial charge >= 0.3 is 23.9 Å². The molecule has 0 saturated carbocycles. The molecule has 16 heteroatoms. The summed E-state index contributed by atoms with van der Waals surface area (Å²) in [5, 5.41) is 4.74. The van der Waals surface area contributed by atoms with Crippen molar-refractivity contribution in [2.45, 2.75) is 51.4 Å². The quantitative estimate of drug-likeness (QED) is 0.0733. The molecule has 298 valence electrons. The summed E-state index contributed by atoms with van der Waals surface area (Å²) < 4.78 is 21.4. The van der Waals surface area contributed by atoms with Gasteiger partial charge in [0.1, 0.15) is 38.5 Å². The van der Waals surface area contributed by atoms with Crippen molar-refractivity contribution >= 4 is 47.3 Å². The Balaban J connectivity index is 1.28. The van der Waals surface area contributed by atoms with Gasteiger partial charge in [0.2, 0.25) is 0 Å². The first-order valence-corrected chi connectivity index (χ1v) is 17.9. The lowest BCUT2D eigenvalue weighted by Crippen LogP contribution is -2.45. The fourth-order valence-electron chi connectivity index (χ4n) is 5.22. The van der Waals surface area contributed by atoms with Crippen molar-refractivity contribution in [2.24, 2.45) is 0 Å². The van der Waals surface area contributed by atoms with Gasteiger partial charge in [-0.1, -0.05) is 121 Å². The Hall–Kier alpha value is -7.62. The summed E-state index contributed by atoms with van der Waals surface area (Å²) in [6.07, 6.45) is -1.24. The van der Waals surface area contributed by atoms with Crippen LogP contribution in [0.1, 0.15) is 56.1 Å². The number of anilines is 2. The van der Waals surface area contributed by atoms with Crippen LogP contribution in [0.15, 0.2) is 121 Å². The largest absolute Gasteiger partial charge is 0.461 e. The Morgan fingerprint density at radius 2 is 0.724 bits per heavy atom. The van der Waals surface area contributed by atoms with Crippen LogP contribution in [0, 0.1) is 0 Å². The monoisotopic (exact) mass is 788 g/mol. The molecule has 5 aromatic rings. The predicted octanol–water partition coefficient (Wildman–Crippen LogP) is 3.59. The number of ether oxygens (including phenoxy) is 4. The van der Waals surface area contributed by atoms with Crippen LogP contribution in [-0.2, 0) is 64.6 Å². The molecule has 58 heavy (non-hydrogen) atoms. The van der Waals surface area contributed by atoms with Crippen molar-refractivity contribution in [2.75, 3.05) is 11.5 Å². The molecule has 0 aliphatic carbocycles. The topological polar surface area (TPSA) is 241 Å². The van der Waals surface area contributed by atoms with Gasteiger partial charge in [0.05, 0.1) is 12.8 Å². The number of amides is 2. The lowest BCUT2D eigenvalue weighted by Gasteiger charge is -2.19. The van der Waals surface area contributed by atoms with Crippen molar-refractivity contribution in [1.82, 2.24) is 20.6 Å². The highest BCUT2D eigenvalue weighted by molar-refractivity contribution is 6.03. The number of esters is 4. The van der Waals surface area contributed by atoms with E-state index < -0.39 is 83.6 Å². The van der Waals surface area contributed by atoms with E-state index in [1.807, 2.05) is 0 Å². The van der Waals surface area contributed by atoms with Crippen LogP contribution in [0.2, 0.25) is 0 Å². The Morgan fingerprint density at radius 3 is 1.02 bits per heavy atom. The minimum Gasteiger partial charge on any atom is -0.461 e. The molecule has 16 nitrogen and oxygen atoms in total. The van der Waals surface area contributed by atoms with Crippen molar-refractivity contribution in [3.63, 3.8) is 0 Å². The minimum absolute atomic E-state index is 0.0850. The molecular weight excluding hydrogens is 748 g/mol. The van der Waals surface area contributed by atoms with Crippen molar-refractivity contribution < 1.29 is 47.7 Å². The average Bonchev–Trinajstić information content (AvgIpc) is 3.24. The second-order valence-electron chi connectivity index (χ2n) is 12.6. The number of nitrogens with two attached hydrogens (primary N) is 2. The molecule has 0 aliphatic heterocycles. The maximum atomic E-state index is 13.5.